The second kappa shape index (κ2) is 3.85. The molecule has 7 heteroatoms. The lowest BCUT2D eigenvalue weighted by atomic mass is 10.4. The lowest BCUT2D eigenvalue weighted by Gasteiger charge is -2.13. The van der Waals surface area contributed by atoms with Crippen LogP contribution in [0.5, 0.6) is 0 Å². The van der Waals surface area contributed by atoms with E-state index < -0.39 is 0 Å². The van der Waals surface area contributed by atoms with Crippen molar-refractivity contribution in [2.75, 3.05) is 11.4 Å². The predicted molar refractivity (Wildman–Crippen MR) is 65.5 cm³/mol. The van der Waals surface area contributed by atoms with Crippen LogP contribution in [0.1, 0.15) is 6.42 Å². The molecule has 2 aromatic heterocycles. The molecule has 0 bridgehead atoms. The normalized spacial score (nSPS) is 20.5. The fourth-order valence-corrected chi connectivity index (χ4v) is 2.37. The summed E-state index contributed by atoms with van der Waals surface area (Å²) in [5, 5.41) is 0.880. The molecule has 0 spiro atoms. The molecule has 88 valence electrons. The number of rotatable bonds is 1. The first-order chi connectivity index (χ1) is 8.15. The molecule has 2 aromatic rings. The first-order valence-electron chi connectivity index (χ1n) is 5.10. The Balaban J connectivity index is 2.08. The Morgan fingerprint density at radius 3 is 3.00 bits per heavy atom. The highest BCUT2D eigenvalue weighted by molar-refractivity contribution is 6.34. The van der Waals surface area contributed by atoms with Crippen molar-refractivity contribution in [3.63, 3.8) is 0 Å². The van der Waals surface area contributed by atoms with Crippen LogP contribution in [0.2, 0.25) is 5.15 Å². The van der Waals surface area contributed by atoms with Crippen molar-refractivity contribution in [2.24, 2.45) is 0 Å². The van der Waals surface area contributed by atoms with E-state index in [0.717, 1.165) is 5.39 Å². The first kappa shape index (κ1) is 10.8. The van der Waals surface area contributed by atoms with Gasteiger partial charge in [-0.3, -0.25) is 9.69 Å². The number of halogens is 2. The summed E-state index contributed by atoms with van der Waals surface area (Å²) in [7, 11) is 0. The smallest absolute Gasteiger partial charge is 0.235 e. The molecule has 17 heavy (non-hydrogen) atoms. The van der Waals surface area contributed by atoms with Crippen molar-refractivity contribution in [3.8, 4) is 0 Å². The molecule has 3 heterocycles. The minimum absolute atomic E-state index is 0.0769. The van der Waals surface area contributed by atoms with Gasteiger partial charge in [0.25, 0.3) is 0 Å². The van der Waals surface area contributed by atoms with Gasteiger partial charge in [-0.2, -0.15) is 9.97 Å². The summed E-state index contributed by atoms with van der Waals surface area (Å²) in [4.78, 5) is 24.5. The highest BCUT2D eigenvalue weighted by Gasteiger charge is 2.31. The Labute approximate surface area is 107 Å². The number of carbonyl (C=O) groups excluding carboxylic acids is 1. The van der Waals surface area contributed by atoms with E-state index in [0.29, 0.717) is 29.7 Å². The van der Waals surface area contributed by atoms with Crippen LogP contribution in [-0.2, 0) is 4.79 Å². The highest BCUT2D eigenvalue weighted by Crippen LogP contribution is 2.26. The van der Waals surface area contributed by atoms with Gasteiger partial charge in [-0.05, 0) is 6.07 Å². The zero-order valence-corrected chi connectivity index (χ0v) is 10.2. The monoisotopic (exact) mass is 270 g/mol. The highest BCUT2D eigenvalue weighted by atomic mass is 35.5. The topological polar surface area (TPSA) is 61.9 Å². The van der Waals surface area contributed by atoms with E-state index >= 15 is 0 Å². The number of nitrogens with one attached hydrogen (secondary N) is 1. The van der Waals surface area contributed by atoms with E-state index in [1.807, 2.05) is 0 Å². The summed E-state index contributed by atoms with van der Waals surface area (Å²) < 4.78 is 0. The molecule has 1 saturated heterocycles. The van der Waals surface area contributed by atoms with E-state index in [1.165, 1.54) is 4.90 Å². The van der Waals surface area contributed by atoms with Gasteiger partial charge in [0.15, 0.2) is 0 Å². The Morgan fingerprint density at radius 1 is 1.47 bits per heavy atom. The molecule has 0 aliphatic carbocycles. The van der Waals surface area contributed by atoms with Crippen molar-refractivity contribution < 1.29 is 4.79 Å². The number of alkyl halides is 1. The largest absolute Gasteiger partial charge is 0.346 e. The summed E-state index contributed by atoms with van der Waals surface area (Å²) >= 11 is 12.0. The molecule has 1 atom stereocenters. The van der Waals surface area contributed by atoms with Gasteiger partial charge in [0.2, 0.25) is 11.9 Å². The van der Waals surface area contributed by atoms with Crippen molar-refractivity contribution >= 4 is 46.1 Å². The molecule has 1 aliphatic rings. The summed E-state index contributed by atoms with van der Waals surface area (Å²) in [5.41, 5.74) is 0.617. The van der Waals surface area contributed by atoms with Crippen LogP contribution in [0.4, 0.5) is 5.95 Å². The molecule has 1 fully saturated rings. The number of aromatic amines is 1. The molecule has 1 N–H and O–H groups in total. The predicted octanol–water partition coefficient (Wildman–Crippen LogP) is 1.96. The van der Waals surface area contributed by atoms with Gasteiger partial charge in [0.1, 0.15) is 10.8 Å². The van der Waals surface area contributed by atoms with Gasteiger partial charge in [-0.15, -0.1) is 11.6 Å². The lowest BCUT2D eigenvalue weighted by Crippen LogP contribution is -2.26. The zero-order valence-electron chi connectivity index (χ0n) is 8.65. The van der Waals surface area contributed by atoms with Gasteiger partial charge in [0, 0.05) is 19.2 Å². The number of hydrogen-bond donors (Lipinski definition) is 1. The van der Waals surface area contributed by atoms with Crippen LogP contribution in [-0.4, -0.2) is 32.8 Å². The third-order valence-corrected chi connectivity index (χ3v) is 3.26. The first-order valence-corrected chi connectivity index (χ1v) is 5.91. The molecule has 5 nitrogen and oxygen atoms in total. The van der Waals surface area contributed by atoms with Gasteiger partial charge in [-0.25, -0.2) is 0 Å². The molecular weight excluding hydrogens is 263 g/mol. The molecule has 1 unspecified atom stereocenters. The molecular formula is C10H8Cl2N4O. The number of nitrogens with zero attached hydrogens (tertiary/aromatic N) is 3. The van der Waals surface area contributed by atoms with Crippen molar-refractivity contribution in [3.05, 3.63) is 17.4 Å². The summed E-state index contributed by atoms with van der Waals surface area (Å²) in [6.45, 7) is 0.420. The average molecular weight is 271 g/mol. The van der Waals surface area contributed by atoms with Gasteiger partial charge >= 0.3 is 0 Å². The average Bonchev–Trinajstić information content (AvgIpc) is 2.84. The summed E-state index contributed by atoms with van der Waals surface area (Å²) in [6, 6.07) is 1.79. The zero-order chi connectivity index (χ0) is 12.0. The van der Waals surface area contributed by atoms with Crippen LogP contribution in [0.25, 0.3) is 11.0 Å². The quantitative estimate of drug-likeness (QED) is 0.637. The number of fused-ring (bicyclic) bond motifs is 1. The standard InChI is InChI=1S/C10H8Cl2N4O/c11-5-3-7(17)16(4-5)10-14-8(12)6-1-2-13-9(6)15-10/h1-2,5H,3-4H2,(H,13,14,15). The van der Waals surface area contributed by atoms with Crippen LogP contribution >= 0.6 is 23.2 Å². The molecule has 1 amide bonds. The van der Waals surface area contributed by atoms with Gasteiger partial charge in [0.05, 0.1) is 10.8 Å². The minimum atomic E-state index is -0.191. The molecule has 0 aromatic carbocycles. The fourth-order valence-electron chi connectivity index (χ4n) is 1.87. The second-order valence-electron chi connectivity index (χ2n) is 3.86. The number of hydrogen-bond acceptors (Lipinski definition) is 3. The van der Waals surface area contributed by atoms with Crippen molar-refractivity contribution in [1.29, 1.82) is 0 Å². The number of aromatic nitrogens is 3. The van der Waals surface area contributed by atoms with E-state index in [2.05, 4.69) is 15.0 Å². The van der Waals surface area contributed by atoms with Crippen molar-refractivity contribution in [2.45, 2.75) is 11.8 Å². The Morgan fingerprint density at radius 2 is 2.29 bits per heavy atom. The van der Waals surface area contributed by atoms with Gasteiger partial charge < -0.3 is 4.98 Å². The summed E-state index contributed by atoms with van der Waals surface area (Å²) in [6.07, 6.45) is 2.04. The molecule has 0 saturated carbocycles. The Kier molecular flexibility index (Phi) is 2.45. The maximum absolute atomic E-state index is 11.7. The number of anilines is 1. The van der Waals surface area contributed by atoms with Gasteiger partial charge in [-0.1, -0.05) is 11.6 Å². The van der Waals surface area contributed by atoms with Crippen LogP contribution < -0.4 is 4.90 Å². The van der Waals surface area contributed by atoms with E-state index in [1.54, 1.807) is 12.3 Å². The van der Waals surface area contributed by atoms with Crippen LogP contribution in [0.3, 0.4) is 0 Å². The van der Waals surface area contributed by atoms with E-state index in [4.69, 9.17) is 23.2 Å². The number of amides is 1. The van der Waals surface area contributed by atoms with E-state index in [9.17, 15) is 4.79 Å². The number of carbonyl (C=O) groups is 1. The van der Waals surface area contributed by atoms with Crippen LogP contribution in [0, 0.1) is 0 Å². The van der Waals surface area contributed by atoms with E-state index in [-0.39, 0.29) is 11.3 Å². The van der Waals surface area contributed by atoms with Crippen molar-refractivity contribution in [1.82, 2.24) is 15.0 Å². The maximum atomic E-state index is 11.7. The Bertz CT molecular complexity index is 597. The fraction of sp³-hybridized carbons (Fsp3) is 0.300. The maximum Gasteiger partial charge on any atom is 0.235 e. The third kappa shape index (κ3) is 1.75. The third-order valence-electron chi connectivity index (χ3n) is 2.68. The molecule has 3 rings (SSSR count). The molecule has 0 radical (unpaired) electrons. The molecule has 1 aliphatic heterocycles. The minimum Gasteiger partial charge on any atom is -0.346 e. The SMILES string of the molecule is O=C1CC(Cl)CN1c1nc(Cl)c2cc[nH]c2n1. The Hall–Kier alpha value is -1.33. The number of H-pyrrole nitrogens is 1. The van der Waals surface area contributed by atoms with Crippen LogP contribution in [0.15, 0.2) is 12.3 Å². The lowest BCUT2D eigenvalue weighted by molar-refractivity contribution is -0.117. The second-order valence-corrected chi connectivity index (χ2v) is 4.84. The summed E-state index contributed by atoms with van der Waals surface area (Å²) in [5.74, 6) is 0.227.